The van der Waals surface area contributed by atoms with E-state index in [-0.39, 0.29) is 17.8 Å². The Balaban J connectivity index is 1.55. The van der Waals surface area contributed by atoms with Crippen LogP contribution in [0.25, 0.3) is 10.9 Å². The highest BCUT2D eigenvalue weighted by molar-refractivity contribution is 6.52. The molecule has 0 saturated carbocycles. The third-order valence-corrected chi connectivity index (χ3v) is 4.58. The summed E-state index contributed by atoms with van der Waals surface area (Å²) in [4.78, 5) is 37.1. The number of hydrogen-bond acceptors (Lipinski definition) is 4. The minimum atomic E-state index is -0.704. The number of primary amides is 1. The lowest BCUT2D eigenvalue weighted by Crippen LogP contribution is -2.31. The second-order valence-electron chi connectivity index (χ2n) is 6.25. The number of aromatic nitrogens is 2. The van der Waals surface area contributed by atoms with Crippen molar-refractivity contribution in [2.75, 3.05) is 11.4 Å². The van der Waals surface area contributed by atoms with Gasteiger partial charge in [0.15, 0.2) is 5.69 Å². The van der Waals surface area contributed by atoms with Crippen LogP contribution in [0, 0.1) is 5.82 Å². The van der Waals surface area contributed by atoms with Crippen LogP contribution in [0.1, 0.15) is 27.3 Å². The molecule has 0 bridgehead atoms. The summed E-state index contributed by atoms with van der Waals surface area (Å²) in [5, 5.41) is 4.93. The number of halogens is 1. The van der Waals surface area contributed by atoms with Crippen LogP contribution in [-0.4, -0.2) is 33.9 Å². The summed E-state index contributed by atoms with van der Waals surface area (Å²) >= 11 is 0. The molecule has 0 fully saturated rings. The van der Waals surface area contributed by atoms with Gasteiger partial charge in [0.2, 0.25) is 0 Å². The number of benzene rings is 2. The highest BCUT2D eigenvalue weighted by Gasteiger charge is 2.35. The van der Waals surface area contributed by atoms with Crippen LogP contribution >= 0.6 is 0 Å². The Hall–Kier alpha value is -3.55. The Morgan fingerprint density at radius 1 is 1.11 bits per heavy atom. The Morgan fingerprint density at radius 2 is 1.89 bits per heavy atom. The molecule has 0 atom stereocenters. The van der Waals surface area contributed by atoms with Gasteiger partial charge >= 0.3 is 0 Å². The molecule has 0 aliphatic carbocycles. The highest BCUT2D eigenvalue weighted by atomic mass is 19.1. The Labute approximate surface area is 153 Å². The lowest BCUT2D eigenvalue weighted by molar-refractivity contribution is -0.114. The molecule has 27 heavy (non-hydrogen) atoms. The number of amides is 2. The van der Waals surface area contributed by atoms with Crippen molar-refractivity contribution in [2.24, 2.45) is 5.73 Å². The van der Waals surface area contributed by atoms with Crippen molar-refractivity contribution in [3.63, 3.8) is 0 Å². The lowest BCUT2D eigenvalue weighted by atomic mass is 10.1. The molecule has 0 saturated heterocycles. The zero-order valence-electron chi connectivity index (χ0n) is 14.2. The average molecular weight is 366 g/mol. The van der Waals surface area contributed by atoms with Crippen molar-refractivity contribution in [3.8, 4) is 0 Å². The number of Topliss-reactive ketones (excluding diaryl/α,β-unsaturated/α-hetero) is 1. The van der Waals surface area contributed by atoms with Gasteiger partial charge in [-0.2, -0.15) is 5.10 Å². The van der Waals surface area contributed by atoms with E-state index in [0.717, 1.165) is 11.6 Å². The fraction of sp³-hybridized carbons (Fsp3) is 0.158. The first-order valence-electron chi connectivity index (χ1n) is 8.38. The van der Waals surface area contributed by atoms with Crippen LogP contribution in [0.15, 0.2) is 42.5 Å². The summed E-state index contributed by atoms with van der Waals surface area (Å²) in [6, 6.07) is 11.0. The molecule has 0 unspecified atom stereocenters. The van der Waals surface area contributed by atoms with Gasteiger partial charge in [0.05, 0.1) is 16.8 Å². The molecule has 0 radical (unpaired) electrons. The van der Waals surface area contributed by atoms with Crippen molar-refractivity contribution in [2.45, 2.75) is 13.0 Å². The summed E-state index contributed by atoms with van der Waals surface area (Å²) in [6.07, 6.45) is 0.486. The zero-order valence-corrected chi connectivity index (χ0v) is 14.2. The van der Waals surface area contributed by atoms with Crippen LogP contribution < -0.4 is 10.6 Å². The van der Waals surface area contributed by atoms with E-state index < -0.39 is 23.4 Å². The van der Waals surface area contributed by atoms with Gasteiger partial charge in [0.25, 0.3) is 17.6 Å². The van der Waals surface area contributed by atoms with Crippen molar-refractivity contribution in [1.82, 2.24) is 9.78 Å². The molecular weight excluding hydrogens is 351 g/mol. The normalized spacial score (nSPS) is 13.4. The summed E-state index contributed by atoms with van der Waals surface area (Å²) in [5.74, 6) is -2.54. The molecule has 8 heteroatoms. The molecule has 2 N–H and O–H groups in total. The predicted molar refractivity (Wildman–Crippen MR) is 96.0 cm³/mol. The van der Waals surface area contributed by atoms with Crippen LogP contribution in [0.2, 0.25) is 0 Å². The number of carbonyl (C=O) groups is 3. The van der Waals surface area contributed by atoms with Gasteiger partial charge in [-0.05, 0) is 30.7 Å². The number of carbonyl (C=O) groups excluding carboxylic acids is 3. The van der Waals surface area contributed by atoms with Gasteiger partial charge in [-0.25, -0.2) is 4.39 Å². The van der Waals surface area contributed by atoms with Crippen LogP contribution in [0.3, 0.4) is 0 Å². The minimum absolute atomic E-state index is 0.0838. The molecule has 7 nitrogen and oxygen atoms in total. The van der Waals surface area contributed by atoms with Crippen molar-refractivity contribution < 1.29 is 18.8 Å². The number of nitrogens with two attached hydrogens (primary N) is 1. The number of aryl methyl sites for hydroxylation is 1. The summed E-state index contributed by atoms with van der Waals surface area (Å²) in [5.41, 5.74) is 6.83. The molecule has 0 spiro atoms. The molecule has 2 heterocycles. The smallest absolute Gasteiger partial charge is 0.299 e. The molecule has 2 aromatic carbocycles. The van der Waals surface area contributed by atoms with E-state index in [4.69, 9.17) is 5.73 Å². The fourth-order valence-corrected chi connectivity index (χ4v) is 3.35. The SMILES string of the molecule is NC(=O)c1nn(CCCN2C(=O)C(=O)c3cc(F)ccc32)c2ccccc12. The van der Waals surface area contributed by atoms with Gasteiger partial charge < -0.3 is 10.6 Å². The summed E-state index contributed by atoms with van der Waals surface area (Å²) < 4.78 is 15.0. The Kier molecular flexibility index (Phi) is 3.95. The van der Waals surface area contributed by atoms with Gasteiger partial charge in [-0.15, -0.1) is 0 Å². The van der Waals surface area contributed by atoms with E-state index in [1.807, 2.05) is 12.1 Å². The van der Waals surface area contributed by atoms with Crippen LogP contribution in [0.5, 0.6) is 0 Å². The largest absolute Gasteiger partial charge is 0.364 e. The second kappa shape index (κ2) is 6.31. The minimum Gasteiger partial charge on any atom is -0.364 e. The lowest BCUT2D eigenvalue weighted by Gasteiger charge is -2.16. The molecule has 4 rings (SSSR count). The molecule has 2 amide bonds. The van der Waals surface area contributed by atoms with Gasteiger partial charge in [-0.1, -0.05) is 18.2 Å². The summed E-state index contributed by atoms with van der Waals surface area (Å²) in [7, 11) is 0. The van der Waals surface area contributed by atoms with Gasteiger partial charge in [-0.3, -0.25) is 19.1 Å². The van der Waals surface area contributed by atoms with Gasteiger partial charge in [0.1, 0.15) is 5.82 Å². The van der Waals surface area contributed by atoms with Crippen molar-refractivity contribution in [1.29, 1.82) is 0 Å². The first-order valence-corrected chi connectivity index (χ1v) is 8.38. The van der Waals surface area contributed by atoms with E-state index in [0.29, 0.717) is 24.0 Å². The van der Waals surface area contributed by atoms with Crippen LogP contribution in [-0.2, 0) is 11.3 Å². The van der Waals surface area contributed by atoms with E-state index in [1.165, 1.54) is 17.0 Å². The number of anilines is 1. The number of para-hydroxylation sites is 1. The standard InChI is InChI=1S/C19H15FN4O3/c20-11-6-7-14-13(10-11)17(25)19(27)23(14)8-3-9-24-15-5-2-1-4-12(15)16(22-24)18(21)26/h1-2,4-7,10H,3,8-9H2,(H2,21,26). The van der Waals surface area contributed by atoms with E-state index in [2.05, 4.69) is 5.10 Å². The van der Waals surface area contributed by atoms with Crippen molar-refractivity contribution >= 4 is 34.2 Å². The Morgan fingerprint density at radius 3 is 2.67 bits per heavy atom. The molecule has 1 aromatic heterocycles. The first-order chi connectivity index (χ1) is 13.0. The third-order valence-electron chi connectivity index (χ3n) is 4.58. The molecule has 3 aromatic rings. The third kappa shape index (κ3) is 2.75. The molecule has 1 aliphatic rings. The maximum absolute atomic E-state index is 13.3. The molecule has 1 aliphatic heterocycles. The molecular formula is C19H15FN4O3. The number of hydrogen-bond donors (Lipinski definition) is 1. The van der Waals surface area contributed by atoms with Gasteiger partial charge in [0, 0.05) is 18.5 Å². The fourth-order valence-electron chi connectivity index (χ4n) is 3.35. The van der Waals surface area contributed by atoms with E-state index >= 15 is 0 Å². The predicted octanol–water partition coefficient (Wildman–Crippen LogP) is 1.89. The maximum atomic E-state index is 13.3. The number of nitrogens with zero attached hydrogens (tertiary/aromatic N) is 3. The maximum Gasteiger partial charge on any atom is 0.299 e. The second-order valence-corrected chi connectivity index (χ2v) is 6.25. The Bertz CT molecular complexity index is 1110. The van der Waals surface area contributed by atoms with E-state index in [9.17, 15) is 18.8 Å². The molecule has 136 valence electrons. The average Bonchev–Trinajstić information content (AvgIpc) is 3.13. The van der Waals surface area contributed by atoms with E-state index in [1.54, 1.807) is 16.8 Å². The topological polar surface area (TPSA) is 98.3 Å². The van der Waals surface area contributed by atoms with Crippen molar-refractivity contribution in [3.05, 3.63) is 59.5 Å². The number of rotatable bonds is 5. The highest BCUT2D eigenvalue weighted by Crippen LogP contribution is 2.29. The summed E-state index contributed by atoms with van der Waals surface area (Å²) in [6.45, 7) is 0.686. The number of ketones is 1. The van der Waals surface area contributed by atoms with Crippen LogP contribution in [0.4, 0.5) is 10.1 Å². The monoisotopic (exact) mass is 366 g/mol. The zero-order chi connectivity index (χ0) is 19.1. The number of fused-ring (bicyclic) bond motifs is 2. The quantitative estimate of drug-likeness (QED) is 0.697. The first kappa shape index (κ1) is 16.9.